The van der Waals surface area contributed by atoms with Crippen molar-refractivity contribution in [3.63, 3.8) is 0 Å². The van der Waals surface area contributed by atoms with Crippen molar-refractivity contribution in [2.45, 2.75) is 169 Å². The fourth-order valence-electron chi connectivity index (χ4n) is 5.88. The fraction of sp³-hybridized carbons (Fsp3) is 0.667. The molecule has 0 saturated heterocycles. The van der Waals surface area contributed by atoms with Gasteiger partial charge in [0.1, 0.15) is 11.5 Å². The van der Waals surface area contributed by atoms with E-state index >= 15 is 0 Å². The SMILES string of the molecule is CC(C)(C)c1cc(CCC(=O)OCCCCCCCCOC(=O)CCc2cc(C(C)(C)C)c(O)c(C(C)(C)C)c2)cc(C(C)(C)C)c1O. The Kier molecular flexibility index (Phi) is 14.6. The van der Waals surface area contributed by atoms with Crippen LogP contribution in [-0.4, -0.2) is 35.4 Å². The molecule has 2 aromatic rings. The molecule has 6 nitrogen and oxygen atoms in total. The Labute approximate surface area is 292 Å². The summed E-state index contributed by atoms with van der Waals surface area (Å²) in [5.74, 6) is 0.339. The highest BCUT2D eigenvalue weighted by Crippen LogP contribution is 2.41. The predicted octanol–water partition coefficient (Wildman–Crippen LogP) is 10.3. The van der Waals surface area contributed by atoms with Gasteiger partial charge in [0, 0.05) is 12.8 Å². The maximum atomic E-state index is 12.4. The van der Waals surface area contributed by atoms with Gasteiger partial charge < -0.3 is 19.7 Å². The van der Waals surface area contributed by atoms with Crippen molar-refractivity contribution in [3.8, 4) is 11.5 Å². The molecule has 0 aliphatic heterocycles. The van der Waals surface area contributed by atoms with Crippen LogP contribution >= 0.6 is 0 Å². The monoisotopic (exact) mass is 666 g/mol. The zero-order chi connectivity index (χ0) is 36.5. The van der Waals surface area contributed by atoms with Crippen molar-refractivity contribution >= 4 is 11.9 Å². The van der Waals surface area contributed by atoms with E-state index in [-0.39, 0.29) is 33.6 Å². The van der Waals surface area contributed by atoms with E-state index in [1.807, 2.05) is 24.3 Å². The number of aryl methyl sites for hydroxylation is 2. The van der Waals surface area contributed by atoms with Gasteiger partial charge in [0.15, 0.2) is 0 Å². The number of rotatable bonds is 15. The molecule has 2 aromatic carbocycles. The lowest BCUT2D eigenvalue weighted by molar-refractivity contribution is -0.144. The second kappa shape index (κ2) is 17.1. The minimum absolute atomic E-state index is 0.186. The number of carbonyl (C=O) groups is 2. The number of phenolic OH excluding ortho intramolecular Hbond substituents is 2. The van der Waals surface area contributed by atoms with E-state index in [1.165, 1.54) is 0 Å². The number of carbonyl (C=O) groups excluding carboxylic acids is 2. The Bertz CT molecular complexity index is 1180. The molecule has 0 aromatic heterocycles. The molecule has 0 fully saturated rings. The van der Waals surface area contributed by atoms with Gasteiger partial charge in [-0.15, -0.1) is 0 Å². The summed E-state index contributed by atoms with van der Waals surface area (Å²) in [7, 11) is 0. The first kappa shape index (κ1) is 41.2. The quantitative estimate of drug-likeness (QED) is 0.145. The van der Waals surface area contributed by atoms with Gasteiger partial charge in [0.2, 0.25) is 0 Å². The largest absolute Gasteiger partial charge is 0.507 e. The molecule has 2 rings (SSSR count). The summed E-state index contributed by atoms with van der Waals surface area (Å²) in [4.78, 5) is 24.9. The Hall–Kier alpha value is -3.02. The zero-order valence-corrected chi connectivity index (χ0v) is 32.3. The van der Waals surface area contributed by atoms with Gasteiger partial charge in [-0.3, -0.25) is 9.59 Å². The second-order valence-corrected chi connectivity index (χ2v) is 17.6. The van der Waals surface area contributed by atoms with Gasteiger partial charge in [0.05, 0.1) is 13.2 Å². The summed E-state index contributed by atoms with van der Waals surface area (Å²) in [5.41, 5.74) is 4.93. The highest BCUT2D eigenvalue weighted by atomic mass is 16.5. The number of aromatic hydroxyl groups is 2. The zero-order valence-electron chi connectivity index (χ0n) is 32.3. The maximum absolute atomic E-state index is 12.4. The van der Waals surface area contributed by atoms with Crippen molar-refractivity contribution in [2.24, 2.45) is 0 Å². The molecule has 0 saturated carbocycles. The first-order chi connectivity index (χ1) is 22.0. The number of ether oxygens (including phenoxy) is 2. The van der Waals surface area contributed by atoms with Gasteiger partial charge >= 0.3 is 11.9 Å². The normalized spacial score (nSPS) is 12.7. The summed E-state index contributed by atoms with van der Waals surface area (Å²) in [5, 5.41) is 21.9. The van der Waals surface area contributed by atoms with E-state index in [0.717, 1.165) is 71.9 Å². The lowest BCUT2D eigenvalue weighted by Gasteiger charge is -2.28. The molecule has 0 bridgehead atoms. The molecule has 0 amide bonds. The van der Waals surface area contributed by atoms with Gasteiger partial charge in [-0.05, 0) is 80.7 Å². The third kappa shape index (κ3) is 13.1. The van der Waals surface area contributed by atoms with E-state index in [9.17, 15) is 19.8 Å². The highest BCUT2D eigenvalue weighted by molar-refractivity contribution is 5.70. The molecule has 2 N–H and O–H groups in total. The minimum Gasteiger partial charge on any atom is -0.507 e. The van der Waals surface area contributed by atoms with Crippen molar-refractivity contribution in [1.29, 1.82) is 0 Å². The van der Waals surface area contributed by atoms with E-state index in [0.29, 0.717) is 50.4 Å². The molecule has 0 spiro atoms. The molecule has 0 radical (unpaired) electrons. The van der Waals surface area contributed by atoms with Crippen molar-refractivity contribution in [1.82, 2.24) is 0 Å². The number of phenols is 2. The fourth-order valence-corrected chi connectivity index (χ4v) is 5.88. The molecule has 0 heterocycles. The van der Waals surface area contributed by atoms with Gasteiger partial charge in [-0.2, -0.15) is 0 Å². The highest BCUT2D eigenvalue weighted by Gasteiger charge is 2.28. The molecule has 270 valence electrons. The molecule has 48 heavy (non-hydrogen) atoms. The predicted molar refractivity (Wildman–Crippen MR) is 197 cm³/mol. The van der Waals surface area contributed by atoms with Gasteiger partial charge in [-0.25, -0.2) is 0 Å². The third-order valence-corrected chi connectivity index (χ3v) is 8.87. The Morgan fingerprint density at radius 2 is 0.729 bits per heavy atom. The minimum atomic E-state index is -0.200. The number of esters is 2. The molecular formula is C42H66O6. The lowest BCUT2D eigenvalue weighted by atomic mass is 9.78. The number of benzene rings is 2. The smallest absolute Gasteiger partial charge is 0.306 e. The van der Waals surface area contributed by atoms with Crippen molar-refractivity contribution in [2.75, 3.05) is 13.2 Å². The van der Waals surface area contributed by atoms with E-state index in [1.54, 1.807) is 0 Å². The molecule has 6 heteroatoms. The van der Waals surface area contributed by atoms with E-state index < -0.39 is 0 Å². The van der Waals surface area contributed by atoms with Crippen molar-refractivity contribution in [3.05, 3.63) is 57.6 Å². The number of hydrogen-bond acceptors (Lipinski definition) is 6. The van der Waals surface area contributed by atoms with Gasteiger partial charge in [-0.1, -0.05) is 133 Å². The number of hydrogen-bond donors (Lipinski definition) is 2. The van der Waals surface area contributed by atoms with Crippen LogP contribution < -0.4 is 0 Å². The van der Waals surface area contributed by atoms with Crippen LogP contribution in [0.1, 0.15) is 168 Å². The topological polar surface area (TPSA) is 93.1 Å². The Morgan fingerprint density at radius 3 is 0.979 bits per heavy atom. The summed E-state index contributed by atoms with van der Waals surface area (Å²) in [6.07, 6.45) is 7.59. The van der Waals surface area contributed by atoms with Gasteiger partial charge in [0.25, 0.3) is 0 Å². The van der Waals surface area contributed by atoms with Crippen LogP contribution in [0.3, 0.4) is 0 Å². The maximum Gasteiger partial charge on any atom is 0.306 e. The van der Waals surface area contributed by atoms with E-state index in [4.69, 9.17) is 9.47 Å². The summed E-state index contributed by atoms with van der Waals surface area (Å²) in [6.45, 7) is 26.0. The third-order valence-electron chi connectivity index (χ3n) is 8.87. The van der Waals surface area contributed by atoms with Crippen LogP contribution in [-0.2, 0) is 53.6 Å². The summed E-state index contributed by atoms with van der Waals surface area (Å²) < 4.78 is 11.0. The summed E-state index contributed by atoms with van der Waals surface area (Å²) >= 11 is 0. The summed E-state index contributed by atoms with van der Waals surface area (Å²) in [6, 6.07) is 8.12. The first-order valence-electron chi connectivity index (χ1n) is 18.1. The first-order valence-corrected chi connectivity index (χ1v) is 18.1. The van der Waals surface area contributed by atoms with E-state index in [2.05, 4.69) is 83.1 Å². The number of unbranched alkanes of at least 4 members (excludes halogenated alkanes) is 5. The van der Waals surface area contributed by atoms with Crippen molar-refractivity contribution < 1.29 is 29.3 Å². The lowest BCUT2D eigenvalue weighted by Crippen LogP contribution is -2.18. The average molecular weight is 667 g/mol. The Morgan fingerprint density at radius 1 is 0.479 bits per heavy atom. The van der Waals surface area contributed by atoms with Crippen LogP contribution in [0.25, 0.3) is 0 Å². The van der Waals surface area contributed by atoms with Crippen LogP contribution in [0.5, 0.6) is 11.5 Å². The molecule has 0 unspecified atom stereocenters. The average Bonchev–Trinajstić information content (AvgIpc) is 2.94. The molecule has 0 aliphatic carbocycles. The van der Waals surface area contributed by atoms with Crippen LogP contribution in [0, 0.1) is 0 Å². The van der Waals surface area contributed by atoms with Crippen LogP contribution in [0.2, 0.25) is 0 Å². The Balaban J connectivity index is 1.64. The molecule has 0 aliphatic rings. The standard InChI is InChI=1S/C42H66O6/c1-39(2,3)31-25-29(26-32(37(31)45)40(4,5)6)19-21-35(43)47-23-17-15-13-14-16-18-24-48-36(44)22-20-30-27-33(41(7,8)9)38(46)34(28-30)42(10,11)12/h25-28,45-46H,13-24H2,1-12H3. The second-order valence-electron chi connectivity index (χ2n) is 17.6. The van der Waals surface area contributed by atoms with Crippen LogP contribution in [0.4, 0.5) is 0 Å². The molecular weight excluding hydrogens is 600 g/mol. The molecule has 0 atom stereocenters. The van der Waals surface area contributed by atoms with Crippen LogP contribution in [0.15, 0.2) is 24.3 Å².